The Labute approximate surface area is 120 Å². The first-order valence-electron chi connectivity index (χ1n) is 6.63. The first-order valence-corrected chi connectivity index (χ1v) is 7.45. The highest BCUT2D eigenvalue weighted by Gasteiger charge is 2.51. The van der Waals surface area contributed by atoms with Gasteiger partial charge >= 0.3 is 5.97 Å². The third-order valence-corrected chi connectivity index (χ3v) is 5.29. The predicted molar refractivity (Wildman–Crippen MR) is 75.6 cm³/mol. The van der Waals surface area contributed by atoms with Crippen molar-refractivity contribution in [2.24, 2.45) is 23.7 Å². The quantitative estimate of drug-likeness (QED) is 0.837. The maximum Gasteiger partial charge on any atom is 0.307 e. The number of rotatable bonds is 3. The zero-order chi connectivity index (χ0) is 14.4. The van der Waals surface area contributed by atoms with Crippen molar-refractivity contribution < 1.29 is 14.7 Å². The van der Waals surface area contributed by atoms with Crippen LogP contribution in [0.4, 0.5) is 5.13 Å². The number of amides is 1. The molecule has 1 fully saturated rings. The van der Waals surface area contributed by atoms with E-state index in [-0.39, 0.29) is 17.7 Å². The van der Waals surface area contributed by atoms with Gasteiger partial charge in [0.15, 0.2) is 5.13 Å². The summed E-state index contributed by atoms with van der Waals surface area (Å²) in [6.45, 7) is 3.84. The third kappa shape index (κ3) is 2.04. The lowest BCUT2D eigenvalue weighted by molar-refractivity contribution is -0.146. The minimum absolute atomic E-state index is 0.00647. The number of carbonyl (C=O) groups is 2. The Morgan fingerprint density at radius 2 is 1.95 bits per heavy atom. The Morgan fingerprint density at radius 3 is 2.50 bits per heavy atom. The van der Waals surface area contributed by atoms with Crippen LogP contribution in [0.3, 0.4) is 0 Å². The SMILES string of the molecule is Cc1nc(NC(=O)[C@H]2[C@@H](C(=O)O)[C@H]3C=C[C@@H]2C3)sc1C. The summed E-state index contributed by atoms with van der Waals surface area (Å²) in [7, 11) is 0. The number of fused-ring (bicyclic) bond motifs is 2. The van der Waals surface area contributed by atoms with Crippen molar-refractivity contribution in [3.8, 4) is 0 Å². The van der Waals surface area contributed by atoms with Crippen LogP contribution in [-0.4, -0.2) is 22.0 Å². The Balaban J connectivity index is 1.79. The molecule has 0 aliphatic heterocycles. The molecule has 0 saturated heterocycles. The van der Waals surface area contributed by atoms with Crippen LogP contribution in [0, 0.1) is 37.5 Å². The molecular formula is C14H16N2O3S. The molecule has 106 valence electrons. The molecule has 5 nitrogen and oxygen atoms in total. The highest BCUT2D eigenvalue weighted by Crippen LogP contribution is 2.48. The van der Waals surface area contributed by atoms with E-state index in [1.54, 1.807) is 0 Å². The molecule has 2 aliphatic carbocycles. The molecule has 0 radical (unpaired) electrons. The minimum atomic E-state index is -0.881. The normalized spacial score (nSPS) is 30.7. The standard InChI is InChI=1S/C14H16N2O3S/c1-6-7(2)20-14(15-6)16-12(17)10-8-3-4-9(5-8)11(10)13(18)19/h3-4,8-11H,5H2,1-2H3,(H,18,19)(H,15,16,17)/t8-,9+,10-,11+/m1/s1. The van der Waals surface area contributed by atoms with E-state index in [1.807, 2.05) is 26.0 Å². The number of thiazole rings is 1. The topological polar surface area (TPSA) is 79.3 Å². The number of hydrogen-bond donors (Lipinski definition) is 2. The number of allylic oxidation sites excluding steroid dienone is 2. The molecule has 6 heteroatoms. The average molecular weight is 292 g/mol. The maximum absolute atomic E-state index is 12.4. The van der Waals surface area contributed by atoms with E-state index in [0.717, 1.165) is 17.0 Å². The lowest BCUT2D eigenvalue weighted by Gasteiger charge is -2.23. The van der Waals surface area contributed by atoms with Gasteiger partial charge in [0.2, 0.25) is 5.91 Å². The van der Waals surface area contributed by atoms with Gasteiger partial charge in [-0.1, -0.05) is 12.2 Å². The molecular weight excluding hydrogens is 276 g/mol. The molecule has 2 aliphatic rings. The second-order valence-corrected chi connectivity index (χ2v) is 6.69. The van der Waals surface area contributed by atoms with E-state index in [0.29, 0.717) is 5.13 Å². The summed E-state index contributed by atoms with van der Waals surface area (Å²) in [5.41, 5.74) is 0.896. The highest BCUT2D eigenvalue weighted by atomic mass is 32.1. The molecule has 4 atom stereocenters. The zero-order valence-electron chi connectivity index (χ0n) is 11.3. The number of aromatic nitrogens is 1. The van der Waals surface area contributed by atoms with Gasteiger partial charge in [-0.3, -0.25) is 9.59 Å². The number of nitrogens with one attached hydrogen (secondary N) is 1. The van der Waals surface area contributed by atoms with Crippen LogP contribution in [0.1, 0.15) is 17.0 Å². The van der Waals surface area contributed by atoms with Crippen molar-refractivity contribution in [2.75, 3.05) is 5.32 Å². The second-order valence-electron chi connectivity index (χ2n) is 5.49. The molecule has 1 saturated carbocycles. The van der Waals surface area contributed by atoms with Crippen molar-refractivity contribution in [1.82, 2.24) is 4.98 Å². The number of carboxylic acids is 1. The Morgan fingerprint density at radius 1 is 1.30 bits per heavy atom. The molecule has 2 bridgehead atoms. The summed E-state index contributed by atoms with van der Waals surface area (Å²) in [5, 5.41) is 12.7. The summed E-state index contributed by atoms with van der Waals surface area (Å²) in [6.07, 6.45) is 4.68. The van der Waals surface area contributed by atoms with E-state index < -0.39 is 17.8 Å². The van der Waals surface area contributed by atoms with Gasteiger partial charge in [-0.25, -0.2) is 4.98 Å². The van der Waals surface area contributed by atoms with Crippen LogP contribution in [0.15, 0.2) is 12.2 Å². The minimum Gasteiger partial charge on any atom is -0.481 e. The fraction of sp³-hybridized carbons (Fsp3) is 0.500. The average Bonchev–Trinajstić information content (AvgIpc) is 3.04. The lowest BCUT2D eigenvalue weighted by Crippen LogP contribution is -2.36. The summed E-state index contributed by atoms with van der Waals surface area (Å²) < 4.78 is 0. The third-order valence-electron chi connectivity index (χ3n) is 4.31. The molecule has 2 N–H and O–H groups in total. The summed E-state index contributed by atoms with van der Waals surface area (Å²) in [5.74, 6) is -2.15. The van der Waals surface area contributed by atoms with Crippen LogP contribution < -0.4 is 5.32 Å². The molecule has 1 aromatic heterocycles. The Kier molecular flexibility index (Phi) is 3.12. The molecule has 0 spiro atoms. The molecule has 1 heterocycles. The molecule has 0 unspecified atom stereocenters. The lowest BCUT2D eigenvalue weighted by atomic mass is 9.82. The number of anilines is 1. The number of carbonyl (C=O) groups excluding carboxylic acids is 1. The molecule has 3 rings (SSSR count). The van der Waals surface area contributed by atoms with Crippen molar-refractivity contribution in [3.63, 3.8) is 0 Å². The van der Waals surface area contributed by atoms with Gasteiger partial charge in [-0.2, -0.15) is 0 Å². The second kappa shape index (κ2) is 4.70. The Hall–Kier alpha value is -1.69. The van der Waals surface area contributed by atoms with Gasteiger partial charge < -0.3 is 10.4 Å². The number of aliphatic carboxylic acids is 1. The predicted octanol–water partition coefficient (Wildman–Crippen LogP) is 2.22. The fourth-order valence-corrected chi connectivity index (χ4v) is 4.05. The number of aryl methyl sites for hydroxylation is 2. The maximum atomic E-state index is 12.4. The monoisotopic (exact) mass is 292 g/mol. The van der Waals surface area contributed by atoms with Crippen molar-refractivity contribution >= 4 is 28.3 Å². The van der Waals surface area contributed by atoms with Crippen molar-refractivity contribution in [3.05, 3.63) is 22.7 Å². The summed E-state index contributed by atoms with van der Waals surface area (Å²) in [6, 6.07) is 0. The van der Waals surface area contributed by atoms with Crippen molar-refractivity contribution in [1.29, 1.82) is 0 Å². The van der Waals surface area contributed by atoms with Crippen molar-refractivity contribution in [2.45, 2.75) is 20.3 Å². The summed E-state index contributed by atoms with van der Waals surface area (Å²) in [4.78, 5) is 29.1. The van der Waals surface area contributed by atoms with Gasteiger partial charge in [-0.05, 0) is 32.1 Å². The molecule has 1 aromatic rings. The van der Waals surface area contributed by atoms with Gasteiger partial charge in [-0.15, -0.1) is 11.3 Å². The summed E-state index contributed by atoms with van der Waals surface area (Å²) >= 11 is 1.42. The fourth-order valence-electron chi connectivity index (χ4n) is 3.23. The first-order chi connectivity index (χ1) is 9.47. The van der Waals surface area contributed by atoms with E-state index in [1.165, 1.54) is 11.3 Å². The first kappa shape index (κ1) is 13.3. The molecule has 20 heavy (non-hydrogen) atoms. The molecule has 1 amide bonds. The van der Waals surface area contributed by atoms with E-state index >= 15 is 0 Å². The van der Waals surface area contributed by atoms with E-state index in [9.17, 15) is 14.7 Å². The number of nitrogens with zero attached hydrogens (tertiary/aromatic N) is 1. The Bertz CT molecular complexity index is 588. The van der Waals surface area contributed by atoms with Gasteiger partial charge in [0, 0.05) is 4.88 Å². The number of hydrogen-bond acceptors (Lipinski definition) is 4. The van der Waals surface area contributed by atoms with Crippen LogP contribution in [0.5, 0.6) is 0 Å². The zero-order valence-corrected chi connectivity index (χ0v) is 12.1. The van der Waals surface area contributed by atoms with Gasteiger partial charge in [0.25, 0.3) is 0 Å². The van der Waals surface area contributed by atoms with Crippen LogP contribution >= 0.6 is 11.3 Å². The number of carboxylic acid groups (broad SMARTS) is 1. The van der Waals surface area contributed by atoms with Gasteiger partial charge in [0.05, 0.1) is 17.5 Å². The van der Waals surface area contributed by atoms with Gasteiger partial charge in [0.1, 0.15) is 0 Å². The molecule has 0 aromatic carbocycles. The smallest absolute Gasteiger partial charge is 0.307 e. The van der Waals surface area contributed by atoms with Crippen LogP contribution in [-0.2, 0) is 9.59 Å². The van der Waals surface area contributed by atoms with E-state index in [2.05, 4.69) is 10.3 Å². The van der Waals surface area contributed by atoms with Crippen LogP contribution in [0.25, 0.3) is 0 Å². The highest BCUT2D eigenvalue weighted by molar-refractivity contribution is 7.15. The van der Waals surface area contributed by atoms with Crippen LogP contribution in [0.2, 0.25) is 0 Å². The largest absolute Gasteiger partial charge is 0.481 e. The van der Waals surface area contributed by atoms with E-state index in [4.69, 9.17) is 0 Å².